The number of amides is 1. The Balaban J connectivity index is 1.91. The molecule has 1 heterocycles. The third-order valence-corrected chi connectivity index (χ3v) is 3.37. The normalized spacial score (nSPS) is 20.1. The molecule has 6 heteroatoms. The number of hydrogen-bond acceptors (Lipinski definition) is 3. The number of nitrogens with one attached hydrogen (secondary N) is 1. The van der Waals surface area contributed by atoms with Crippen molar-refractivity contribution in [2.75, 3.05) is 25.0 Å². The minimum absolute atomic E-state index is 0.141. The second kappa shape index (κ2) is 5.77. The SMILES string of the molecule is NC1CCN(CC(=O)Nc2ccc(Br)cc2F)C1. The molecule has 1 aromatic rings. The van der Waals surface area contributed by atoms with Gasteiger partial charge in [0.25, 0.3) is 0 Å². The highest BCUT2D eigenvalue weighted by atomic mass is 79.9. The molecule has 3 N–H and O–H groups in total. The Morgan fingerprint density at radius 2 is 2.39 bits per heavy atom. The summed E-state index contributed by atoms with van der Waals surface area (Å²) in [5.74, 6) is -0.666. The molecule has 98 valence electrons. The van der Waals surface area contributed by atoms with Crippen molar-refractivity contribution in [3.05, 3.63) is 28.5 Å². The van der Waals surface area contributed by atoms with Crippen LogP contribution in [0.15, 0.2) is 22.7 Å². The highest BCUT2D eigenvalue weighted by Gasteiger charge is 2.21. The maximum atomic E-state index is 13.5. The summed E-state index contributed by atoms with van der Waals surface area (Å²) in [6, 6.07) is 4.68. The lowest BCUT2D eigenvalue weighted by molar-refractivity contribution is -0.117. The fourth-order valence-electron chi connectivity index (χ4n) is 1.99. The number of carbonyl (C=O) groups is 1. The number of halogens is 2. The molecule has 2 rings (SSSR count). The molecule has 1 aliphatic rings. The van der Waals surface area contributed by atoms with Gasteiger partial charge in [0.15, 0.2) is 0 Å². The van der Waals surface area contributed by atoms with E-state index in [0.29, 0.717) is 4.47 Å². The van der Waals surface area contributed by atoms with Gasteiger partial charge in [0.1, 0.15) is 5.82 Å². The van der Waals surface area contributed by atoms with E-state index >= 15 is 0 Å². The van der Waals surface area contributed by atoms with E-state index in [4.69, 9.17) is 5.73 Å². The predicted octanol–water partition coefficient (Wildman–Crippen LogP) is 1.56. The third-order valence-electron chi connectivity index (χ3n) is 2.88. The zero-order chi connectivity index (χ0) is 13.1. The summed E-state index contributed by atoms with van der Waals surface area (Å²) in [4.78, 5) is 13.7. The first-order valence-electron chi connectivity index (χ1n) is 5.77. The van der Waals surface area contributed by atoms with Crippen molar-refractivity contribution in [2.24, 2.45) is 5.73 Å². The first-order valence-corrected chi connectivity index (χ1v) is 6.57. The molecule has 0 bridgehead atoms. The van der Waals surface area contributed by atoms with Crippen LogP contribution in [0.5, 0.6) is 0 Å². The van der Waals surface area contributed by atoms with Gasteiger partial charge in [-0.2, -0.15) is 0 Å². The molecule has 0 saturated carbocycles. The van der Waals surface area contributed by atoms with Gasteiger partial charge in [0.2, 0.25) is 5.91 Å². The van der Waals surface area contributed by atoms with Gasteiger partial charge in [-0.05, 0) is 24.6 Å². The van der Waals surface area contributed by atoms with Crippen molar-refractivity contribution >= 4 is 27.5 Å². The van der Waals surface area contributed by atoms with Crippen molar-refractivity contribution in [2.45, 2.75) is 12.5 Å². The first kappa shape index (κ1) is 13.5. The highest BCUT2D eigenvalue weighted by Crippen LogP contribution is 2.19. The zero-order valence-corrected chi connectivity index (χ0v) is 11.4. The summed E-state index contributed by atoms with van der Waals surface area (Å²) in [5.41, 5.74) is 5.96. The molecule has 1 atom stereocenters. The number of benzene rings is 1. The van der Waals surface area contributed by atoms with E-state index in [-0.39, 0.29) is 24.2 Å². The van der Waals surface area contributed by atoms with Crippen LogP contribution in [0.1, 0.15) is 6.42 Å². The summed E-state index contributed by atoms with van der Waals surface area (Å²) < 4.78 is 14.2. The second-order valence-corrected chi connectivity index (χ2v) is 5.37. The molecular weight excluding hydrogens is 301 g/mol. The smallest absolute Gasteiger partial charge is 0.238 e. The maximum Gasteiger partial charge on any atom is 0.238 e. The quantitative estimate of drug-likeness (QED) is 0.890. The molecular formula is C12H15BrFN3O. The molecule has 1 aliphatic heterocycles. The summed E-state index contributed by atoms with van der Waals surface area (Å²) in [6.45, 7) is 1.79. The lowest BCUT2D eigenvalue weighted by Gasteiger charge is -2.14. The van der Waals surface area contributed by atoms with Gasteiger partial charge in [-0.1, -0.05) is 15.9 Å². The minimum Gasteiger partial charge on any atom is -0.326 e. The lowest BCUT2D eigenvalue weighted by atomic mass is 10.3. The molecule has 1 aromatic carbocycles. The van der Waals surface area contributed by atoms with Crippen molar-refractivity contribution in [3.8, 4) is 0 Å². The van der Waals surface area contributed by atoms with Crippen molar-refractivity contribution < 1.29 is 9.18 Å². The molecule has 1 amide bonds. The number of nitrogens with two attached hydrogens (primary N) is 1. The fourth-order valence-corrected chi connectivity index (χ4v) is 2.32. The van der Waals surface area contributed by atoms with Gasteiger partial charge in [-0.15, -0.1) is 0 Å². The van der Waals surface area contributed by atoms with Gasteiger partial charge in [-0.25, -0.2) is 4.39 Å². The predicted molar refractivity (Wildman–Crippen MR) is 71.8 cm³/mol. The Morgan fingerprint density at radius 3 is 3.00 bits per heavy atom. The Bertz CT molecular complexity index is 455. The Hall–Kier alpha value is -0.980. The van der Waals surface area contributed by atoms with E-state index in [1.807, 2.05) is 4.90 Å². The van der Waals surface area contributed by atoms with E-state index in [1.165, 1.54) is 12.1 Å². The van der Waals surface area contributed by atoms with E-state index in [9.17, 15) is 9.18 Å². The minimum atomic E-state index is -0.448. The summed E-state index contributed by atoms with van der Waals surface area (Å²) >= 11 is 3.17. The number of carbonyl (C=O) groups excluding carboxylic acids is 1. The van der Waals surface area contributed by atoms with Gasteiger partial charge >= 0.3 is 0 Å². The Labute approximate surface area is 113 Å². The fraction of sp³-hybridized carbons (Fsp3) is 0.417. The van der Waals surface area contributed by atoms with Crippen LogP contribution >= 0.6 is 15.9 Å². The highest BCUT2D eigenvalue weighted by molar-refractivity contribution is 9.10. The molecule has 0 aromatic heterocycles. The third kappa shape index (κ3) is 3.51. The molecule has 0 spiro atoms. The van der Waals surface area contributed by atoms with E-state index in [1.54, 1.807) is 6.07 Å². The van der Waals surface area contributed by atoms with Gasteiger partial charge in [-0.3, -0.25) is 9.69 Å². The van der Waals surface area contributed by atoms with Crippen LogP contribution in [-0.4, -0.2) is 36.5 Å². The molecule has 1 unspecified atom stereocenters. The average molecular weight is 316 g/mol. The Kier molecular flexibility index (Phi) is 4.31. The molecule has 0 aliphatic carbocycles. The average Bonchev–Trinajstić information content (AvgIpc) is 2.68. The van der Waals surface area contributed by atoms with Crippen LogP contribution in [0.3, 0.4) is 0 Å². The van der Waals surface area contributed by atoms with Crippen LogP contribution < -0.4 is 11.1 Å². The van der Waals surface area contributed by atoms with Crippen LogP contribution in [0, 0.1) is 5.82 Å². The topological polar surface area (TPSA) is 58.4 Å². The lowest BCUT2D eigenvalue weighted by Crippen LogP contribution is -2.33. The largest absolute Gasteiger partial charge is 0.326 e. The Morgan fingerprint density at radius 1 is 1.61 bits per heavy atom. The van der Waals surface area contributed by atoms with Gasteiger partial charge in [0, 0.05) is 23.6 Å². The van der Waals surface area contributed by atoms with Crippen LogP contribution in [-0.2, 0) is 4.79 Å². The number of nitrogens with zero attached hydrogens (tertiary/aromatic N) is 1. The van der Waals surface area contributed by atoms with Crippen LogP contribution in [0.4, 0.5) is 10.1 Å². The second-order valence-electron chi connectivity index (χ2n) is 4.46. The van der Waals surface area contributed by atoms with Gasteiger partial charge < -0.3 is 11.1 Å². The maximum absolute atomic E-state index is 13.5. The van der Waals surface area contributed by atoms with E-state index < -0.39 is 5.82 Å². The van der Waals surface area contributed by atoms with Gasteiger partial charge in [0.05, 0.1) is 12.2 Å². The standard InChI is InChI=1S/C12H15BrFN3O/c13-8-1-2-11(10(14)5-8)16-12(18)7-17-4-3-9(15)6-17/h1-2,5,9H,3-4,6-7,15H2,(H,16,18). The van der Waals surface area contributed by atoms with Crippen molar-refractivity contribution in [1.82, 2.24) is 4.90 Å². The molecule has 0 radical (unpaired) electrons. The van der Waals surface area contributed by atoms with E-state index in [2.05, 4.69) is 21.2 Å². The number of hydrogen-bond donors (Lipinski definition) is 2. The number of rotatable bonds is 3. The first-order chi connectivity index (χ1) is 8.54. The molecule has 1 fully saturated rings. The number of anilines is 1. The molecule has 1 saturated heterocycles. The number of likely N-dealkylation sites (tertiary alicyclic amines) is 1. The molecule has 4 nitrogen and oxygen atoms in total. The summed E-state index contributed by atoms with van der Waals surface area (Å²) in [7, 11) is 0. The van der Waals surface area contributed by atoms with E-state index in [0.717, 1.165) is 19.5 Å². The summed E-state index contributed by atoms with van der Waals surface area (Å²) in [6.07, 6.45) is 0.903. The van der Waals surface area contributed by atoms with Crippen molar-refractivity contribution in [3.63, 3.8) is 0 Å². The van der Waals surface area contributed by atoms with Crippen LogP contribution in [0.2, 0.25) is 0 Å². The van der Waals surface area contributed by atoms with Crippen LogP contribution in [0.25, 0.3) is 0 Å². The molecule has 18 heavy (non-hydrogen) atoms. The monoisotopic (exact) mass is 315 g/mol. The zero-order valence-electron chi connectivity index (χ0n) is 9.83. The summed E-state index contributed by atoms with van der Waals surface area (Å²) in [5, 5.41) is 2.56. The van der Waals surface area contributed by atoms with Crippen molar-refractivity contribution in [1.29, 1.82) is 0 Å².